The number of carbonyl (C=O) groups excluding carboxylic acids is 6. The third kappa shape index (κ3) is 8.97. The molecule has 1 aliphatic heterocycles. The zero-order valence-corrected chi connectivity index (χ0v) is 28.0. The Morgan fingerprint density at radius 2 is 1.38 bits per heavy atom. The van der Waals surface area contributed by atoms with Crippen LogP contribution in [0.25, 0.3) is 0 Å². The van der Waals surface area contributed by atoms with Crippen LogP contribution < -0.4 is 25.8 Å². The molecule has 0 radical (unpaired) electrons. The first-order valence-electron chi connectivity index (χ1n) is 15.2. The average Bonchev–Trinajstić information content (AvgIpc) is 3.84. The number of thiophene rings is 2. The first-order valence-corrected chi connectivity index (χ1v) is 17.0. The van der Waals surface area contributed by atoms with Crippen molar-refractivity contribution in [3.05, 3.63) is 98.9 Å². The molecular weight excluding hydrogens is 687 g/mol. The molecule has 0 saturated heterocycles. The van der Waals surface area contributed by atoms with E-state index in [1.165, 1.54) is 28.7 Å². The van der Waals surface area contributed by atoms with Gasteiger partial charge in [-0.2, -0.15) is 0 Å². The number of rotatable bonds is 14. The number of ketones is 2. The summed E-state index contributed by atoms with van der Waals surface area (Å²) in [5, 5.41) is 19.6. The summed E-state index contributed by atoms with van der Waals surface area (Å²) >= 11 is 2.40. The fraction of sp³-hybridized carbons (Fsp3) is 0.206. The number of aliphatic carboxylic acids is 1. The van der Waals surface area contributed by atoms with Gasteiger partial charge in [0.1, 0.15) is 6.61 Å². The number of para-hydroxylation sites is 2. The van der Waals surface area contributed by atoms with Gasteiger partial charge >= 0.3 is 18.1 Å². The van der Waals surface area contributed by atoms with Gasteiger partial charge in [0.05, 0.1) is 34.2 Å². The van der Waals surface area contributed by atoms with E-state index < -0.39 is 49.0 Å². The summed E-state index contributed by atoms with van der Waals surface area (Å²) in [6, 6.07) is 16.6. The number of nitrogens with one attached hydrogen (secondary N) is 3. The lowest BCUT2D eigenvalue weighted by Crippen LogP contribution is -2.57. The van der Waals surface area contributed by atoms with Crippen molar-refractivity contribution in [3.8, 4) is 0 Å². The highest BCUT2D eigenvalue weighted by molar-refractivity contribution is 7.12. The molecule has 0 unspecified atom stereocenters. The Kier molecular flexibility index (Phi) is 11.7. The van der Waals surface area contributed by atoms with Gasteiger partial charge in [0.25, 0.3) is 11.8 Å². The lowest BCUT2D eigenvalue weighted by atomic mass is 10.2. The van der Waals surface area contributed by atoms with Gasteiger partial charge < -0.3 is 35.6 Å². The molecule has 2 aromatic carbocycles. The van der Waals surface area contributed by atoms with Crippen molar-refractivity contribution in [3.63, 3.8) is 0 Å². The van der Waals surface area contributed by atoms with Gasteiger partial charge in [0, 0.05) is 18.7 Å². The van der Waals surface area contributed by atoms with E-state index in [9.17, 15) is 33.6 Å². The number of Topliss-reactive ketones (excluding diaryl/α,β-unsaturated/α-hetero) is 2. The highest BCUT2D eigenvalue weighted by Crippen LogP contribution is 2.34. The number of anilines is 3. The fourth-order valence-electron chi connectivity index (χ4n) is 5.01. The Labute approximate surface area is 293 Å². The van der Waals surface area contributed by atoms with Gasteiger partial charge in [-0.25, -0.2) is 9.59 Å². The van der Waals surface area contributed by atoms with E-state index >= 15 is 0 Å². The predicted octanol–water partition coefficient (Wildman–Crippen LogP) is 4.54. The van der Waals surface area contributed by atoms with E-state index in [0.29, 0.717) is 15.3 Å². The maximum absolute atomic E-state index is 14.1. The van der Waals surface area contributed by atoms with Gasteiger partial charge in [0.15, 0.2) is 17.6 Å². The third-order valence-corrected chi connectivity index (χ3v) is 9.17. The van der Waals surface area contributed by atoms with Crippen molar-refractivity contribution < 1.29 is 43.4 Å². The van der Waals surface area contributed by atoms with Crippen molar-refractivity contribution in [2.75, 3.05) is 34.8 Å². The van der Waals surface area contributed by atoms with E-state index in [4.69, 9.17) is 9.84 Å². The number of nitrogens with zero attached hydrogens (tertiary/aromatic N) is 2. The van der Waals surface area contributed by atoms with Crippen molar-refractivity contribution >= 4 is 81.2 Å². The number of carbonyl (C=O) groups is 7. The molecule has 258 valence electrons. The maximum Gasteiger partial charge on any atom is 0.407 e. The summed E-state index contributed by atoms with van der Waals surface area (Å²) in [7, 11) is 0. The number of carboxylic acid groups (broad SMARTS) is 1. The maximum atomic E-state index is 14.1. The second kappa shape index (κ2) is 16.5. The standard InChI is InChI=1S/C34H31N5O9S2/c40-25(27-11-5-15-49-27)18-38-23-9-1-2-10-24(23)39(19-26(41)28-12-6-16-50-28)32(45)30(31(38)44)37-33(46)36-22-8-3-7-21(17-22)20-48-34(47)35-14-4-13-29(42)43/h1-3,5-12,15-17,30H,4,13-14,18-20H2,(H,35,47)(H,42,43)(H2,36,37,46). The molecule has 1 aliphatic rings. The van der Waals surface area contributed by atoms with Crippen LogP contribution in [0.2, 0.25) is 0 Å². The topological polar surface area (TPSA) is 192 Å². The van der Waals surface area contributed by atoms with Crippen LogP contribution in [-0.2, 0) is 25.7 Å². The van der Waals surface area contributed by atoms with Gasteiger partial charge in [-0.15, -0.1) is 22.7 Å². The fourth-order valence-corrected chi connectivity index (χ4v) is 6.32. The lowest BCUT2D eigenvalue weighted by molar-refractivity contribution is -0.137. The van der Waals surface area contributed by atoms with Crippen LogP contribution in [0.15, 0.2) is 83.6 Å². The summed E-state index contributed by atoms with van der Waals surface area (Å²) in [5.41, 5.74) is 1.19. The van der Waals surface area contributed by atoms with E-state index in [1.807, 2.05) is 0 Å². The Hall–Kier alpha value is -5.87. The molecule has 0 atom stereocenters. The summed E-state index contributed by atoms with van der Waals surface area (Å²) in [5.74, 6) is -3.48. The van der Waals surface area contributed by atoms with Crippen LogP contribution in [0.5, 0.6) is 0 Å². The predicted molar refractivity (Wildman–Crippen MR) is 186 cm³/mol. The van der Waals surface area contributed by atoms with E-state index in [-0.39, 0.29) is 54.6 Å². The third-order valence-electron chi connectivity index (χ3n) is 7.35. The molecule has 50 heavy (non-hydrogen) atoms. The molecule has 5 amide bonds. The number of amides is 5. The summed E-state index contributed by atoms with van der Waals surface area (Å²) < 4.78 is 5.15. The molecule has 0 aliphatic carbocycles. The molecule has 14 nitrogen and oxygen atoms in total. The van der Waals surface area contributed by atoms with Crippen molar-refractivity contribution in [2.45, 2.75) is 25.5 Å². The van der Waals surface area contributed by atoms with Gasteiger partial charge in [-0.1, -0.05) is 36.4 Å². The molecule has 4 N–H and O–H groups in total. The summed E-state index contributed by atoms with van der Waals surface area (Å²) in [6.45, 7) is -0.896. The van der Waals surface area contributed by atoms with Crippen molar-refractivity contribution in [1.29, 1.82) is 0 Å². The highest BCUT2D eigenvalue weighted by Gasteiger charge is 2.42. The minimum absolute atomic E-state index is 0.0996. The number of ether oxygens (including phenoxy) is 1. The smallest absolute Gasteiger partial charge is 0.407 e. The molecule has 2 aromatic heterocycles. The van der Waals surface area contributed by atoms with E-state index in [1.54, 1.807) is 77.5 Å². The Balaban J connectivity index is 1.34. The molecule has 0 fully saturated rings. The minimum atomic E-state index is -1.81. The molecule has 5 rings (SSSR count). The number of urea groups is 1. The number of benzene rings is 2. The molecule has 16 heteroatoms. The molecule has 0 spiro atoms. The van der Waals surface area contributed by atoms with Crippen LogP contribution >= 0.6 is 22.7 Å². The SMILES string of the molecule is O=C(O)CCCNC(=O)OCc1cccc(NC(=O)NC2C(=O)N(CC(=O)c3cccs3)c3ccccc3N(CC(=O)c3cccs3)C2=O)c1. The largest absolute Gasteiger partial charge is 0.481 e. The minimum Gasteiger partial charge on any atom is -0.481 e. The van der Waals surface area contributed by atoms with Gasteiger partial charge in [-0.3, -0.25) is 24.0 Å². The highest BCUT2D eigenvalue weighted by atomic mass is 32.1. The Morgan fingerprint density at radius 3 is 1.92 bits per heavy atom. The second-order valence-electron chi connectivity index (χ2n) is 10.9. The molecule has 3 heterocycles. The first-order chi connectivity index (χ1) is 24.1. The normalized spacial score (nSPS) is 12.9. The zero-order chi connectivity index (χ0) is 35.6. The van der Waals surface area contributed by atoms with Crippen LogP contribution in [-0.4, -0.2) is 72.3 Å². The average molecular weight is 718 g/mol. The Bertz CT molecular complexity index is 1810. The van der Waals surface area contributed by atoms with Crippen molar-refractivity contribution in [1.82, 2.24) is 10.6 Å². The van der Waals surface area contributed by atoms with Gasteiger partial charge in [-0.05, 0) is 59.1 Å². The zero-order valence-electron chi connectivity index (χ0n) is 26.3. The summed E-state index contributed by atoms with van der Waals surface area (Å²) in [6.07, 6.45) is -0.609. The lowest BCUT2D eigenvalue weighted by Gasteiger charge is -2.24. The molecule has 4 aromatic rings. The van der Waals surface area contributed by atoms with Gasteiger partial charge in [0.2, 0.25) is 0 Å². The van der Waals surface area contributed by atoms with Crippen molar-refractivity contribution in [2.24, 2.45) is 0 Å². The van der Waals surface area contributed by atoms with Crippen LogP contribution in [0.3, 0.4) is 0 Å². The number of carboxylic acids is 1. The molecule has 0 bridgehead atoms. The van der Waals surface area contributed by atoms with Crippen LogP contribution in [0.1, 0.15) is 37.7 Å². The van der Waals surface area contributed by atoms with Crippen LogP contribution in [0.4, 0.5) is 26.7 Å². The van der Waals surface area contributed by atoms with Crippen LogP contribution in [0, 0.1) is 0 Å². The number of hydrogen-bond donors (Lipinski definition) is 4. The number of alkyl carbamates (subject to hydrolysis) is 1. The quantitative estimate of drug-likeness (QED) is 0.0824. The Morgan fingerprint density at radius 1 is 0.780 bits per heavy atom. The van der Waals surface area contributed by atoms with E-state index in [0.717, 1.165) is 9.80 Å². The molecule has 0 saturated carbocycles. The summed E-state index contributed by atoms with van der Waals surface area (Å²) in [4.78, 5) is 93.7. The first kappa shape index (κ1) is 35.4. The monoisotopic (exact) mass is 717 g/mol. The van der Waals surface area contributed by atoms with E-state index in [2.05, 4.69) is 16.0 Å². The second-order valence-corrected chi connectivity index (χ2v) is 12.8. The number of fused-ring (bicyclic) bond motifs is 1. The number of hydrogen-bond acceptors (Lipinski definition) is 10. The molecular formula is C34H31N5O9S2.